The number of rotatable bonds is 11. The van der Waals surface area contributed by atoms with Crippen molar-refractivity contribution < 1.29 is 9.59 Å². The average molecular weight is 453 g/mol. The van der Waals surface area contributed by atoms with Crippen LogP contribution < -0.4 is 10.2 Å². The molecule has 5 heteroatoms. The summed E-state index contributed by atoms with van der Waals surface area (Å²) in [6.07, 6.45) is 9.02. The summed E-state index contributed by atoms with van der Waals surface area (Å²) in [7, 11) is 0. The van der Waals surface area contributed by atoms with Crippen molar-refractivity contribution in [2.24, 2.45) is 0 Å². The van der Waals surface area contributed by atoms with Gasteiger partial charge < -0.3 is 5.32 Å². The molecule has 1 atom stereocenters. The Bertz CT molecular complexity index is 910. The highest BCUT2D eigenvalue weighted by atomic mass is 32.2. The van der Waals surface area contributed by atoms with Crippen LogP contribution in [0.2, 0.25) is 0 Å². The number of amides is 2. The Morgan fingerprint density at radius 2 is 1.66 bits per heavy atom. The number of hydrogen-bond acceptors (Lipinski definition) is 3. The number of anilines is 2. The first kappa shape index (κ1) is 24.4. The SMILES string of the molecule is CCCCCCCCCC(=O)Nc1ccc([C@H]2SCC(=O)N2c2ccc(C)c(C)c2)cc1. The van der Waals surface area contributed by atoms with Crippen molar-refractivity contribution in [1.29, 1.82) is 0 Å². The Labute approximate surface area is 197 Å². The lowest BCUT2D eigenvalue weighted by Gasteiger charge is -2.25. The molecule has 0 radical (unpaired) electrons. The molecule has 2 amide bonds. The highest BCUT2D eigenvalue weighted by Crippen LogP contribution is 2.42. The molecule has 3 rings (SSSR count). The first-order valence-corrected chi connectivity index (χ1v) is 12.9. The number of aryl methyl sites for hydroxylation is 2. The van der Waals surface area contributed by atoms with E-state index in [2.05, 4.69) is 38.2 Å². The van der Waals surface area contributed by atoms with Crippen LogP contribution in [0.25, 0.3) is 0 Å². The first-order valence-electron chi connectivity index (χ1n) is 11.9. The molecule has 172 valence electrons. The van der Waals surface area contributed by atoms with Gasteiger partial charge in [0.2, 0.25) is 11.8 Å². The van der Waals surface area contributed by atoms with E-state index in [4.69, 9.17) is 0 Å². The smallest absolute Gasteiger partial charge is 0.238 e. The third-order valence-electron chi connectivity index (χ3n) is 6.12. The van der Waals surface area contributed by atoms with Crippen LogP contribution in [-0.2, 0) is 9.59 Å². The highest BCUT2D eigenvalue weighted by molar-refractivity contribution is 8.00. The van der Waals surface area contributed by atoms with E-state index in [1.54, 1.807) is 11.8 Å². The topological polar surface area (TPSA) is 49.4 Å². The van der Waals surface area contributed by atoms with Gasteiger partial charge in [-0.15, -0.1) is 11.8 Å². The van der Waals surface area contributed by atoms with Gasteiger partial charge in [-0.1, -0.05) is 63.6 Å². The van der Waals surface area contributed by atoms with Crippen LogP contribution in [0.3, 0.4) is 0 Å². The fourth-order valence-electron chi connectivity index (χ4n) is 4.02. The molecule has 32 heavy (non-hydrogen) atoms. The minimum atomic E-state index is -0.0398. The maximum Gasteiger partial charge on any atom is 0.238 e. The molecule has 2 aromatic rings. The van der Waals surface area contributed by atoms with Gasteiger partial charge in [0.1, 0.15) is 5.37 Å². The predicted octanol–water partition coefficient (Wildman–Crippen LogP) is 7.16. The van der Waals surface area contributed by atoms with Gasteiger partial charge in [0.25, 0.3) is 0 Å². The van der Waals surface area contributed by atoms with Gasteiger partial charge in [0.05, 0.1) is 5.75 Å². The second-order valence-corrected chi connectivity index (χ2v) is 9.81. The van der Waals surface area contributed by atoms with E-state index in [0.29, 0.717) is 12.2 Å². The Morgan fingerprint density at radius 1 is 0.969 bits per heavy atom. The van der Waals surface area contributed by atoms with Gasteiger partial charge in [-0.3, -0.25) is 14.5 Å². The van der Waals surface area contributed by atoms with E-state index in [0.717, 1.165) is 29.8 Å². The lowest BCUT2D eigenvalue weighted by atomic mass is 10.1. The lowest BCUT2D eigenvalue weighted by Crippen LogP contribution is -2.27. The summed E-state index contributed by atoms with van der Waals surface area (Å²) >= 11 is 1.65. The molecule has 0 spiro atoms. The summed E-state index contributed by atoms with van der Waals surface area (Å²) in [5.41, 5.74) is 5.24. The molecule has 0 unspecified atom stereocenters. The number of nitrogens with one attached hydrogen (secondary N) is 1. The zero-order chi connectivity index (χ0) is 22.9. The molecule has 1 N–H and O–H groups in total. The van der Waals surface area contributed by atoms with E-state index in [1.807, 2.05) is 35.2 Å². The molecule has 0 bridgehead atoms. The van der Waals surface area contributed by atoms with Gasteiger partial charge in [0, 0.05) is 17.8 Å². The number of hydrogen-bond donors (Lipinski definition) is 1. The summed E-state index contributed by atoms with van der Waals surface area (Å²) in [5.74, 6) is 0.693. The number of unbranched alkanes of at least 4 members (excludes halogenated alkanes) is 6. The standard InChI is InChI=1S/C27H36N2O2S/c1-4-5-6-7-8-9-10-11-25(30)28-23-15-13-22(14-16-23)27-29(26(31)19-32-27)24-17-12-20(2)21(3)18-24/h12-18,27H,4-11,19H2,1-3H3,(H,28,30)/t27-/m1/s1. The van der Waals surface area contributed by atoms with Crippen molar-refractivity contribution in [1.82, 2.24) is 0 Å². The largest absolute Gasteiger partial charge is 0.326 e. The van der Waals surface area contributed by atoms with Crippen LogP contribution >= 0.6 is 11.8 Å². The van der Waals surface area contributed by atoms with Gasteiger partial charge in [-0.05, 0) is 61.2 Å². The fourth-order valence-corrected chi connectivity index (χ4v) is 5.20. The molecular formula is C27H36N2O2S. The maximum atomic E-state index is 12.6. The summed E-state index contributed by atoms with van der Waals surface area (Å²) < 4.78 is 0. The number of thioether (sulfide) groups is 1. The van der Waals surface area contributed by atoms with Gasteiger partial charge in [0.15, 0.2) is 0 Å². The molecule has 1 fully saturated rings. The second-order valence-electron chi connectivity index (χ2n) is 8.74. The molecule has 1 aliphatic heterocycles. The molecular weight excluding hydrogens is 416 g/mol. The zero-order valence-corrected chi connectivity index (χ0v) is 20.5. The van der Waals surface area contributed by atoms with E-state index in [9.17, 15) is 9.59 Å². The quantitative estimate of drug-likeness (QED) is 0.368. The zero-order valence-electron chi connectivity index (χ0n) is 19.7. The van der Waals surface area contributed by atoms with E-state index in [-0.39, 0.29) is 17.2 Å². The third kappa shape index (κ3) is 6.61. The monoisotopic (exact) mass is 452 g/mol. The Hall–Kier alpha value is -2.27. The van der Waals surface area contributed by atoms with Crippen molar-refractivity contribution in [2.45, 2.75) is 77.5 Å². The Balaban J connectivity index is 1.53. The van der Waals surface area contributed by atoms with Gasteiger partial charge in [-0.25, -0.2) is 0 Å². The van der Waals surface area contributed by atoms with E-state index >= 15 is 0 Å². The summed E-state index contributed by atoms with van der Waals surface area (Å²) in [6, 6.07) is 14.1. The number of nitrogens with zero attached hydrogens (tertiary/aromatic N) is 1. The second kappa shape index (κ2) is 12.1. The van der Waals surface area contributed by atoms with E-state index < -0.39 is 0 Å². The number of carbonyl (C=O) groups is 2. The summed E-state index contributed by atoms with van der Waals surface area (Å²) in [5, 5.41) is 2.97. The van der Waals surface area contributed by atoms with Crippen molar-refractivity contribution in [3.05, 3.63) is 59.2 Å². The minimum absolute atomic E-state index is 0.0398. The molecule has 1 saturated heterocycles. The van der Waals surface area contributed by atoms with Crippen LogP contribution in [0, 0.1) is 13.8 Å². The van der Waals surface area contributed by atoms with Crippen LogP contribution in [0.1, 0.15) is 80.4 Å². The van der Waals surface area contributed by atoms with Crippen LogP contribution in [-0.4, -0.2) is 17.6 Å². The fraction of sp³-hybridized carbons (Fsp3) is 0.481. The summed E-state index contributed by atoms with van der Waals surface area (Å²) in [4.78, 5) is 26.8. The average Bonchev–Trinajstić information content (AvgIpc) is 3.17. The number of benzene rings is 2. The van der Waals surface area contributed by atoms with Crippen LogP contribution in [0.15, 0.2) is 42.5 Å². The Kier molecular flexibility index (Phi) is 9.22. The molecule has 0 saturated carbocycles. The van der Waals surface area contributed by atoms with Crippen molar-refractivity contribution in [3.8, 4) is 0 Å². The maximum absolute atomic E-state index is 12.6. The molecule has 1 heterocycles. The van der Waals surface area contributed by atoms with Gasteiger partial charge >= 0.3 is 0 Å². The summed E-state index contributed by atoms with van der Waals surface area (Å²) in [6.45, 7) is 6.38. The van der Waals surface area contributed by atoms with Gasteiger partial charge in [-0.2, -0.15) is 0 Å². The van der Waals surface area contributed by atoms with Crippen LogP contribution in [0.4, 0.5) is 11.4 Å². The normalized spacial score (nSPS) is 15.9. The third-order valence-corrected chi connectivity index (χ3v) is 7.34. The lowest BCUT2D eigenvalue weighted by molar-refractivity contribution is -0.116. The van der Waals surface area contributed by atoms with Crippen LogP contribution in [0.5, 0.6) is 0 Å². The molecule has 2 aromatic carbocycles. The molecule has 4 nitrogen and oxygen atoms in total. The van der Waals surface area contributed by atoms with E-state index in [1.165, 1.54) is 43.2 Å². The first-order chi connectivity index (χ1) is 15.5. The predicted molar refractivity (Wildman–Crippen MR) is 136 cm³/mol. The van der Waals surface area contributed by atoms with Crippen molar-refractivity contribution in [2.75, 3.05) is 16.0 Å². The number of carbonyl (C=O) groups excluding carboxylic acids is 2. The Morgan fingerprint density at radius 3 is 2.34 bits per heavy atom. The molecule has 0 aromatic heterocycles. The molecule has 1 aliphatic rings. The van der Waals surface area contributed by atoms with Crippen molar-refractivity contribution in [3.63, 3.8) is 0 Å². The minimum Gasteiger partial charge on any atom is -0.326 e. The molecule has 0 aliphatic carbocycles. The van der Waals surface area contributed by atoms with Crippen molar-refractivity contribution >= 4 is 35.0 Å². The highest BCUT2D eigenvalue weighted by Gasteiger charge is 2.34.